The molecule has 1 N–H and O–H groups in total. The van der Waals surface area contributed by atoms with Crippen LogP contribution in [0, 0.1) is 10.1 Å². The van der Waals surface area contributed by atoms with Gasteiger partial charge < -0.3 is 19.5 Å². The Labute approximate surface area is 185 Å². The standard InChI is InChI=1S/C23H26N2O7/c1-22(2,3)32-21(27)24-23(13-19(23)16-7-11-18(30-4)12-8-16)20(26)31-14-15-5-9-17(10-6-15)25(28)29/h5-12,19H,13-14H2,1-4H3,(H,24,27)/t19-,23-/m1/s1. The highest BCUT2D eigenvalue weighted by Gasteiger charge is 2.63. The summed E-state index contributed by atoms with van der Waals surface area (Å²) in [6.07, 6.45) is -0.349. The molecular formula is C23H26N2O7. The number of benzene rings is 2. The Morgan fingerprint density at radius 1 is 1.12 bits per heavy atom. The van der Waals surface area contributed by atoms with Crippen LogP contribution in [0.4, 0.5) is 10.5 Å². The quantitative estimate of drug-likeness (QED) is 0.390. The predicted molar refractivity (Wildman–Crippen MR) is 115 cm³/mol. The van der Waals surface area contributed by atoms with E-state index in [0.29, 0.717) is 17.7 Å². The number of hydrogen-bond donors (Lipinski definition) is 1. The lowest BCUT2D eigenvalue weighted by atomic mass is 10.1. The van der Waals surface area contributed by atoms with Crippen LogP contribution < -0.4 is 10.1 Å². The Morgan fingerprint density at radius 3 is 2.28 bits per heavy atom. The van der Waals surface area contributed by atoms with Crippen molar-refractivity contribution in [2.75, 3.05) is 7.11 Å². The van der Waals surface area contributed by atoms with Crippen molar-refractivity contribution >= 4 is 17.7 Å². The molecule has 32 heavy (non-hydrogen) atoms. The fourth-order valence-corrected chi connectivity index (χ4v) is 3.39. The van der Waals surface area contributed by atoms with E-state index in [0.717, 1.165) is 5.56 Å². The number of carbonyl (C=O) groups is 2. The fourth-order valence-electron chi connectivity index (χ4n) is 3.39. The van der Waals surface area contributed by atoms with Crippen LogP contribution >= 0.6 is 0 Å². The number of alkyl carbamates (subject to hydrolysis) is 1. The molecule has 9 nitrogen and oxygen atoms in total. The molecule has 0 unspecified atom stereocenters. The van der Waals surface area contributed by atoms with Crippen LogP contribution in [0.5, 0.6) is 5.75 Å². The third-order valence-electron chi connectivity index (χ3n) is 5.08. The van der Waals surface area contributed by atoms with Gasteiger partial charge >= 0.3 is 12.1 Å². The number of nitro benzene ring substituents is 1. The number of carbonyl (C=O) groups excluding carboxylic acids is 2. The highest BCUT2D eigenvalue weighted by Crippen LogP contribution is 2.52. The summed E-state index contributed by atoms with van der Waals surface area (Å²) < 4.78 is 16.0. The second-order valence-corrected chi connectivity index (χ2v) is 8.63. The zero-order chi connectivity index (χ0) is 23.5. The minimum absolute atomic E-state index is 0.0510. The number of methoxy groups -OCH3 is 1. The van der Waals surface area contributed by atoms with Crippen molar-refractivity contribution < 1.29 is 28.7 Å². The van der Waals surface area contributed by atoms with Gasteiger partial charge in [-0.15, -0.1) is 0 Å². The van der Waals surface area contributed by atoms with E-state index in [2.05, 4.69) is 5.32 Å². The van der Waals surface area contributed by atoms with Crippen LogP contribution in [-0.2, 0) is 20.9 Å². The molecule has 2 aromatic carbocycles. The molecule has 0 saturated heterocycles. The molecule has 0 heterocycles. The maximum atomic E-state index is 13.1. The van der Waals surface area contributed by atoms with Crippen LogP contribution in [0.25, 0.3) is 0 Å². The monoisotopic (exact) mass is 442 g/mol. The number of rotatable bonds is 7. The molecule has 0 aliphatic heterocycles. The molecule has 2 aromatic rings. The number of nitrogens with zero attached hydrogens (tertiary/aromatic N) is 1. The maximum absolute atomic E-state index is 13.1. The first-order chi connectivity index (χ1) is 15.0. The van der Waals surface area contributed by atoms with Gasteiger partial charge in [0.15, 0.2) is 0 Å². The molecule has 9 heteroatoms. The summed E-state index contributed by atoms with van der Waals surface area (Å²) in [4.78, 5) is 35.8. The van der Waals surface area contributed by atoms with Crippen molar-refractivity contribution in [1.82, 2.24) is 5.32 Å². The zero-order valence-electron chi connectivity index (χ0n) is 18.4. The van der Waals surface area contributed by atoms with Gasteiger partial charge in [-0.1, -0.05) is 12.1 Å². The lowest BCUT2D eigenvalue weighted by Gasteiger charge is -2.23. The van der Waals surface area contributed by atoms with Crippen molar-refractivity contribution in [3.05, 3.63) is 69.8 Å². The van der Waals surface area contributed by atoms with E-state index in [1.807, 2.05) is 12.1 Å². The van der Waals surface area contributed by atoms with E-state index in [4.69, 9.17) is 14.2 Å². The first-order valence-electron chi connectivity index (χ1n) is 10.1. The average Bonchev–Trinajstić information content (AvgIpc) is 3.46. The van der Waals surface area contributed by atoms with Crippen molar-refractivity contribution in [3.8, 4) is 5.75 Å². The maximum Gasteiger partial charge on any atom is 0.408 e. The largest absolute Gasteiger partial charge is 0.497 e. The van der Waals surface area contributed by atoms with Crippen LogP contribution in [0.2, 0.25) is 0 Å². The minimum Gasteiger partial charge on any atom is -0.497 e. The lowest BCUT2D eigenvalue weighted by molar-refractivity contribution is -0.384. The summed E-state index contributed by atoms with van der Waals surface area (Å²) in [6.45, 7) is 5.13. The summed E-state index contributed by atoms with van der Waals surface area (Å²) in [5.74, 6) is -0.200. The predicted octanol–water partition coefficient (Wildman–Crippen LogP) is 4.10. The van der Waals surface area contributed by atoms with Crippen molar-refractivity contribution in [2.45, 2.75) is 50.9 Å². The van der Waals surface area contributed by atoms with Crippen molar-refractivity contribution in [2.24, 2.45) is 0 Å². The molecular weight excluding hydrogens is 416 g/mol. The highest BCUT2D eigenvalue weighted by atomic mass is 16.6. The zero-order valence-corrected chi connectivity index (χ0v) is 18.4. The van der Waals surface area contributed by atoms with Crippen molar-refractivity contribution in [3.63, 3.8) is 0 Å². The van der Waals surface area contributed by atoms with Gasteiger partial charge in [0.1, 0.15) is 23.5 Å². The van der Waals surface area contributed by atoms with E-state index >= 15 is 0 Å². The Bertz CT molecular complexity index is 997. The van der Waals surface area contributed by atoms with E-state index in [1.54, 1.807) is 40.0 Å². The second-order valence-electron chi connectivity index (χ2n) is 8.63. The summed E-state index contributed by atoms with van der Waals surface area (Å²) >= 11 is 0. The average molecular weight is 442 g/mol. The Balaban J connectivity index is 1.75. The van der Waals surface area contributed by atoms with Gasteiger partial charge in [0.25, 0.3) is 5.69 Å². The van der Waals surface area contributed by atoms with Crippen LogP contribution in [0.1, 0.15) is 44.2 Å². The number of amides is 1. The first-order valence-corrected chi connectivity index (χ1v) is 10.1. The molecule has 0 radical (unpaired) electrons. The molecule has 1 fully saturated rings. The smallest absolute Gasteiger partial charge is 0.408 e. The topological polar surface area (TPSA) is 117 Å². The van der Waals surface area contributed by atoms with E-state index < -0.39 is 28.1 Å². The molecule has 170 valence electrons. The van der Waals surface area contributed by atoms with Crippen LogP contribution in [-0.4, -0.2) is 35.2 Å². The number of non-ortho nitro benzene ring substituents is 1. The Kier molecular flexibility index (Phi) is 6.38. The second kappa shape index (κ2) is 8.86. The van der Waals surface area contributed by atoms with Crippen LogP contribution in [0.15, 0.2) is 48.5 Å². The molecule has 1 aliphatic rings. The van der Waals surface area contributed by atoms with Crippen molar-refractivity contribution in [1.29, 1.82) is 0 Å². The summed E-state index contributed by atoms with van der Waals surface area (Å²) in [7, 11) is 1.57. The number of esters is 1. The van der Waals surface area contributed by atoms with E-state index in [9.17, 15) is 19.7 Å². The van der Waals surface area contributed by atoms with Gasteiger partial charge in [-0.3, -0.25) is 10.1 Å². The number of ether oxygens (including phenoxy) is 3. The van der Waals surface area contributed by atoms with E-state index in [1.165, 1.54) is 24.3 Å². The summed E-state index contributed by atoms with van der Waals surface area (Å²) in [6, 6.07) is 13.0. The lowest BCUT2D eigenvalue weighted by Crippen LogP contribution is -2.47. The number of hydrogen-bond acceptors (Lipinski definition) is 7. The molecule has 1 saturated carbocycles. The number of nitrogens with one attached hydrogen (secondary N) is 1. The van der Waals surface area contributed by atoms with Gasteiger partial charge in [-0.2, -0.15) is 0 Å². The minimum atomic E-state index is -1.25. The number of nitro groups is 1. The first kappa shape index (κ1) is 23.1. The molecule has 1 amide bonds. The van der Waals surface area contributed by atoms with Gasteiger partial charge in [0.05, 0.1) is 12.0 Å². The third-order valence-corrected chi connectivity index (χ3v) is 5.08. The SMILES string of the molecule is COc1ccc([C@H]2C[C@]2(NC(=O)OC(C)(C)C)C(=O)OCc2ccc([N+](=O)[O-])cc2)cc1. The summed E-state index contributed by atoms with van der Waals surface area (Å²) in [5, 5.41) is 13.5. The normalized spacial score (nSPS) is 19.6. The van der Waals surface area contributed by atoms with Gasteiger partial charge in [0, 0.05) is 18.1 Å². The Morgan fingerprint density at radius 2 is 1.75 bits per heavy atom. The van der Waals surface area contributed by atoms with Gasteiger partial charge in [-0.25, -0.2) is 9.59 Å². The Hall–Kier alpha value is -3.62. The molecule has 2 atom stereocenters. The highest BCUT2D eigenvalue weighted by molar-refractivity contribution is 5.91. The molecule has 1 aliphatic carbocycles. The molecule has 3 rings (SSSR count). The molecule has 0 spiro atoms. The molecule has 0 aromatic heterocycles. The van der Waals surface area contributed by atoms with E-state index in [-0.39, 0.29) is 18.2 Å². The van der Waals surface area contributed by atoms with Gasteiger partial charge in [-0.05, 0) is 62.6 Å². The molecule has 0 bridgehead atoms. The van der Waals surface area contributed by atoms with Gasteiger partial charge in [0.2, 0.25) is 0 Å². The fraction of sp³-hybridized carbons (Fsp3) is 0.391. The van der Waals surface area contributed by atoms with Crippen LogP contribution in [0.3, 0.4) is 0 Å². The third kappa shape index (κ3) is 5.35. The summed E-state index contributed by atoms with van der Waals surface area (Å²) in [5.41, 5.74) is -0.576.